The Morgan fingerprint density at radius 2 is 2.00 bits per heavy atom. The zero-order valence-electron chi connectivity index (χ0n) is 10.4. The van der Waals surface area contributed by atoms with Crippen molar-refractivity contribution in [3.8, 4) is 0 Å². The Balaban J connectivity index is 2.30. The minimum atomic E-state index is 0.318. The zero-order chi connectivity index (χ0) is 12.3. The van der Waals surface area contributed by atoms with Crippen molar-refractivity contribution in [2.75, 3.05) is 11.9 Å². The van der Waals surface area contributed by atoms with Gasteiger partial charge in [0.25, 0.3) is 0 Å². The maximum atomic E-state index is 5.68. The number of hydrogen-bond acceptors (Lipinski definition) is 3. The van der Waals surface area contributed by atoms with Crippen LogP contribution in [0.15, 0.2) is 36.5 Å². The number of rotatable bonds is 4. The quantitative estimate of drug-likeness (QED) is 0.847. The van der Waals surface area contributed by atoms with Gasteiger partial charge >= 0.3 is 0 Å². The fraction of sp³-hybridized carbons (Fsp3) is 0.357. The van der Waals surface area contributed by atoms with Gasteiger partial charge in [-0.2, -0.15) is 0 Å². The second-order valence-electron chi connectivity index (χ2n) is 4.53. The molecule has 0 spiro atoms. The topological polar surface area (TPSA) is 50.9 Å². The predicted molar refractivity (Wildman–Crippen MR) is 73.0 cm³/mol. The van der Waals surface area contributed by atoms with E-state index >= 15 is 0 Å². The van der Waals surface area contributed by atoms with Crippen molar-refractivity contribution in [3.05, 3.63) is 36.5 Å². The number of nitrogens with one attached hydrogen (secondary N) is 1. The Bertz CT molecular complexity index is 490. The molecule has 0 aliphatic heterocycles. The van der Waals surface area contributed by atoms with Crippen LogP contribution in [0.25, 0.3) is 10.8 Å². The van der Waals surface area contributed by atoms with E-state index in [4.69, 9.17) is 5.73 Å². The van der Waals surface area contributed by atoms with Crippen LogP contribution in [0.2, 0.25) is 0 Å². The van der Waals surface area contributed by atoms with Crippen LogP contribution in [0.3, 0.4) is 0 Å². The second-order valence-corrected chi connectivity index (χ2v) is 4.53. The highest BCUT2D eigenvalue weighted by molar-refractivity contribution is 5.91. The second kappa shape index (κ2) is 5.15. The number of nitrogens with two attached hydrogens (primary N) is 1. The van der Waals surface area contributed by atoms with E-state index in [0.29, 0.717) is 18.5 Å². The molecule has 3 heteroatoms. The molecule has 2 unspecified atom stereocenters. The summed E-state index contributed by atoms with van der Waals surface area (Å²) in [5.74, 6) is 1.37. The van der Waals surface area contributed by atoms with Crippen LogP contribution in [-0.2, 0) is 0 Å². The highest BCUT2D eigenvalue weighted by Gasteiger charge is 2.11. The van der Waals surface area contributed by atoms with Crippen LogP contribution in [0.5, 0.6) is 0 Å². The Morgan fingerprint density at radius 1 is 1.24 bits per heavy atom. The SMILES string of the molecule is CC(CN)C(C)Nc1nccc2ccccc12. The van der Waals surface area contributed by atoms with E-state index < -0.39 is 0 Å². The zero-order valence-corrected chi connectivity index (χ0v) is 10.4. The van der Waals surface area contributed by atoms with Gasteiger partial charge in [0.05, 0.1) is 0 Å². The molecule has 2 rings (SSSR count). The van der Waals surface area contributed by atoms with Crippen molar-refractivity contribution in [2.45, 2.75) is 19.9 Å². The van der Waals surface area contributed by atoms with Crippen molar-refractivity contribution < 1.29 is 0 Å². The first kappa shape index (κ1) is 11.9. The number of benzene rings is 1. The van der Waals surface area contributed by atoms with E-state index in [9.17, 15) is 0 Å². The minimum Gasteiger partial charge on any atom is -0.367 e. The summed E-state index contributed by atoms with van der Waals surface area (Å²) in [6.07, 6.45) is 1.84. The van der Waals surface area contributed by atoms with Crippen LogP contribution in [0.4, 0.5) is 5.82 Å². The minimum absolute atomic E-state index is 0.318. The first-order valence-corrected chi connectivity index (χ1v) is 6.02. The van der Waals surface area contributed by atoms with Crippen molar-refractivity contribution in [3.63, 3.8) is 0 Å². The van der Waals surface area contributed by atoms with Gasteiger partial charge in [-0.25, -0.2) is 4.98 Å². The molecule has 1 aromatic carbocycles. The highest BCUT2D eigenvalue weighted by atomic mass is 15.0. The monoisotopic (exact) mass is 229 g/mol. The van der Waals surface area contributed by atoms with E-state index in [-0.39, 0.29) is 0 Å². The summed E-state index contributed by atoms with van der Waals surface area (Å²) in [6, 6.07) is 10.6. The summed E-state index contributed by atoms with van der Waals surface area (Å²) in [5, 5.41) is 5.81. The Labute approximate surface area is 102 Å². The number of nitrogens with zero attached hydrogens (tertiary/aromatic N) is 1. The predicted octanol–water partition coefficient (Wildman–Crippen LogP) is 2.63. The third-order valence-electron chi connectivity index (χ3n) is 3.26. The molecule has 0 radical (unpaired) electrons. The van der Waals surface area contributed by atoms with Crippen molar-refractivity contribution in [2.24, 2.45) is 11.7 Å². The molecular weight excluding hydrogens is 210 g/mol. The third-order valence-corrected chi connectivity index (χ3v) is 3.26. The van der Waals surface area contributed by atoms with E-state index in [2.05, 4.69) is 36.3 Å². The molecule has 0 saturated heterocycles. The lowest BCUT2D eigenvalue weighted by Crippen LogP contribution is -2.29. The molecule has 0 saturated carbocycles. The van der Waals surface area contributed by atoms with Crippen molar-refractivity contribution in [1.82, 2.24) is 4.98 Å². The summed E-state index contributed by atoms with van der Waals surface area (Å²) in [7, 11) is 0. The maximum absolute atomic E-state index is 5.68. The lowest BCUT2D eigenvalue weighted by Gasteiger charge is -2.21. The normalized spacial score (nSPS) is 14.5. The first-order chi connectivity index (χ1) is 8.22. The highest BCUT2D eigenvalue weighted by Crippen LogP contribution is 2.21. The van der Waals surface area contributed by atoms with Gasteiger partial charge in [-0.05, 0) is 30.8 Å². The summed E-state index contributed by atoms with van der Waals surface area (Å²) in [4.78, 5) is 4.41. The summed E-state index contributed by atoms with van der Waals surface area (Å²) in [5.41, 5.74) is 5.68. The summed E-state index contributed by atoms with van der Waals surface area (Å²) in [6.45, 7) is 4.96. The molecule has 2 atom stereocenters. The van der Waals surface area contributed by atoms with Crippen molar-refractivity contribution >= 4 is 16.6 Å². The standard InChI is InChI=1S/C14H19N3/c1-10(9-15)11(2)17-14-13-6-4-3-5-12(13)7-8-16-14/h3-8,10-11H,9,15H2,1-2H3,(H,16,17). The average Bonchev–Trinajstić information content (AvgIpc) is 2.38. The van der Waals surface area contributed by atoms with Gasteiger partial charge < -0.3 is 11.1 Å². The molecule has 0 aliphatic carbocycles. The molecular formula is C14H19N3. The van der Waals surface area contributed by atoms with Crippen molar-refractivity contribution in [1.29, 1.82) is 0 Å². The van der Waals surface area contributed by atoms with Gasteiger partial charge in [0.1, 0.15) is 5.82 Å². The smallest absolute Gasteiger partial charge is 0.134 e. The molecule has 90 valence electrons. The van der Waals surface area contributed by atoms with Crippen LogP contribution in [0, 0.1) is 5.92 Å². The van der Waals surface area contributed by atoms with E-state index in [1.807, 2.05) is 24.4 Å². The molecule has 2 aromatic rings. The fourth-order valence-corrected chi connectivity index (χ4v) is 1.80. The molecule has 0 fully saturated rings. The van der Waals surface area contributed by atoms with Gasteiger partial charge in [0.2, 0.25) is 0 Å². The van der Waals surface area contributed by atoms with E-state index in [1.54, 1.807) is 0 Å². The van der Waals surface area contributed by atoms with E-state index in [0.717, 1.165) is 11.2 Å². The number of pyridine rings is 1. The van der Waals surface area contributed by atoms with Crippen LogP contribution in [0.1, 0.15) is 13.8 Å². The van der Waals surface area contributed by atoms with Crippen LogP contribution >= 0.6 is 0 Å². The molecule has 0 bridgehead atoms. The van der Waals surface area contributed by atoms with E-state index in [1.165, 1.54) is 5.39 Å². The molecule has 1 aromatic heterocycles. The summed E-state index contributed by atoms with van der Waals surface area (Å²) >= 11 is 0. The summed E-state index contributed by atoms with van der Waals surface area (Å²) < 4.78 is 0. The Morgan fingerprint density at radius 3 is 2.76 bits per heavy atom. The third kappa shape index (κ3) is 2.56. The number of hydrogen-bond donors (Lipinski definition) is 2. The maximum Gasteiger partial charge on any atom is 0.134 e. The molecule has 3 nitrogen and oxygen atoms in total. The Hall–Kier alpha value is -1.61. The lowest BCUT2D eigenvalue weighted by molar-refractivity contribution is 0.520. The number of aromatic nitrogens is 1. The van der Waals surface area contributed by atoms with Gasteiger partial charge in [-0.15, -0.1) is 0 Å². The Kier molecular flexibility index (Phi) is 3.59. The largest absolute Gasteiger partial charge is 0.367 e. The average molecular weight is 229 g/mol. The molecule has 3 N–H and O–H groups in total. The molecule has 1 heterocycles. The fourth-order valence-electron chi connectivity index (χ4n) is 1.80. The van der Waals surface area contributed by atoms with Gasteiger partial charge in [0.15, 0.2) is 0 Å². The number of anilines is 1. The van der Waals surface area contributed by atoms with Crippen LogP contribution < -0.4 is 11.1 Å². The van der Waals surface area contributed by atoms with Gasteiger partial charge in [-0.1, -0.05) is 31.2 Å². The number of fused-ring (bicyclic) bond motifs is 1. The molecule has 17 heavy (non-hydrogen) atoms. The molecule has 0 aliphatic rings. The first-order valence-electron chi connectivity index (χ1n) is 6.02. The van der Waals surface area contributed by atoms with Crippen LogP contribution in [-0.4, -0.2) is 17.6 Å². The van der Waals surface area contributed by atoms with Gasteiger partial charge in [-0.3, -0.25) is 0 Å². The molecule has 0 amide bonds. The lowest BCUT2D eigenvalue weighted by atomic mass is 10.0. The van der Waals surface area contributed by atoms with Gasteiger partial charge in [0, 0.05) is 17.6 Å².